The van der Waals surface area contributed by atoms with Crippen LogP contribution >= 0.6 is 38.9 Å². The molecular formula is C13H13BrClNS. The van der Waals surface area contributed by atoms with Crippen molar-refractivity contribution in [2.75, 3.05) is 6.54 Å². The highest BCUT2D eigenvalue weighted by Gasteiger charge is 2.07. The fourth-order valence-electron chi connectivity index (χ4n) is 1.55. The normalized spacial score (nSPS) is 10.8. The van der Waals surface area contributed by atoms with Crippen LogP contribution in [0.2, 0.25) is 5.02 Å². The standard InChI is InChI=1S/C13H13BrClNS/c1-2-16-8-10-4-6-13(17-10)11-7-9(15)3-5-12(11)14/h3-7,16H,2,8H2,1H3. The molecule has 17 heavy (non-hydrogen) atoms. The minimum absolute atomic E-state index is 0.768. The summed E-state index contributed by atoms with van der Waals surface area (Å²) >= 11 is 11.4. The molecule has 1 aromatic carbocycles. The van der Waals surface area contributed by atoms with E-state index < -0.39 is 0 Å². The van der Waals surface area contributed by atoms with E-state index in [0.717, 1.165) is 28.1 Å². The van der Waals surface area contributed by atoms with Gasteiger partial charge in [0.15, 0.2) is 0 Å². The van der Waals surface area contributed by atoms with Crippen LogP contribution in [0.4, 0.5) is 0 Å². The Morgan fingerprint density at radius 1 is 1.29 bits per heavy atom. The third kappa shape index (κ3) is 3.32. The van der Waals surface area contributed by atoms with Crippen LogP contribution in [0.3, 0.4) is 0 Å². The summed E-state index contributed by atoms with van der Waals surface area (Å²) in [5.41, 5.74) is 1.16. The Balaban J connectivity index is 2.27. The van der Waals surface area contributed by atoms with Gasteiger partial charge in [-0.2, -0.15) is 0 Å². The Bertz CT molecular complexity index is 510. The van der Waals surface area contributed by atoms with Gasteiger partial charge in [-0.25, -0.2) is 0 Å². The largest absolute Gasteiger partial charge is 0.312 e. The fourth-order valence-corrected chi connectivity index (χ4v) is 3.32. The van der Waals surface area contributed by atoms with Gasteiger partial charge in [0.1, 0.15) is 0 Å². The summed E-state index contributed by atoms with van der Waals surface area (Å²) in [6.45, 7) is 4.04. The molecule has 0 unspecified atom stereocenters. The SMILES string of the molecule is CCNCc1ccc(-c2cc(Cl)ccc2Br)s1. The second-order valence-electron chi connectivity index (χ2n) is 3.67. The molecule has 0 saturated carbocycles. The number of hydrogen-bond donors (Lipinski definition) is 1. The van der Waals surface area contributed by atoms with Gasteiger partial charge >= 0.3 is 0 Å². The number of nitrogens with one attached hydrogen (secondary N) is 1. The molecule has 0 aliphatic carbocycles. The molecule has 0 saturated heterocycles. The summed E-state index contributed by atoms with van der Waals surface area (Å²) in [6, 6.07) is 10.2. The molecule has 1 heterocycles. The Morgan fingerprint density at radius 2 is 2.12 bits per heavy atom. The highest BCUT2D eigenvalue weighted by molar-refractivity contribution is 9.10. The maximum absolute atomic E-state index is 6.03. The van der Waals surface area contributed by atoms with Crippen LogP contribution in [0.1, 0.15) is 11.8 Å². The minimum atomic E-state index is 0.768. The average molecular weight is 331 g/mol. The average Bonchev–Trinajstić information content (AvgIpc) is 2.78. The lowest BCUT2D eigenvalue weighted by Gasteiger charge is -2.02. The smallest absolute Gasteiger partial charge is 0.0413 e. The van der Waals surface area contributed by atoms with Gasteiger partial charge in [0.2, 0.25) is 0 Å². The van der Waals surface area contributed by atoms with Gasteiger partial charge in [0.25, 0.3) is 0 Å². The summed E-state index contributed by atoms with van der Waals surface area (Å²) in [5, 5.41) is 4.10. The molecular weight excluding hydrogens is 318 g/mol. The predicted octanol–water partition coefficient (Wildman–Crippen LogP) is 4.94. The van der Waals surface area contributed by atoms with Crippen molar-refractivity contribution in [3.05, 3.63) is 44.7 Å². The van der Waals surface area contributed by atoms with E-state index in [9.17, 15) is 0 Å². The molecule has 0 amide bonds. The van der Waals surface area contributed by atoms with E-state index in [4.69, 9.17) is 11.6 Å². The van der Waals surface area contributed by atoms with E-state index in [-0.39, 0.29) is 0 Å². The zero-order chi connectivity index (χ0) is 12.3. The number of benzene rings is 1. The Kier molecular flexibility index (Phi) is 4.62. The molecule has 2 rings (SSSR count). The lowest BCUT2D eigenvalue weighted by atomic mass is 10.2. The van der Waals surface area contributed by atoms with Crippen LogP contribution in [0.15, 0.2) is 34.8 Å². The number of halogens is 2. The van der Waals surface area contributed by atoms with Crippen LogP contribution in [0, 0.1) is 0 Å². The molecule has 0 fully saturated rings. The predicted molar refractivity (Wildman–Crippen MR) is 79.8 cm³/mol. The highest BCUT2D eigenvalue weighted by atomic mass is 79.9. The number of hydrogen-bond acceptors (Lipinski definition) is 2. The molecule has 4 heteroatoms. The van der Waals surface area contributed by atoms with Crippen molar-refractivity contribution in [1.82, 2.24) is 5.32 Å². The number of thiophene rings is 1. The van der Waals surface area contributed by atoms with Crippen LogP contribution < -0.4 is 5.32 Å². The first-order chi connectivity index (χ1) is 8.20. The topological polar surface area (TPSA) is 12.0 Å². The molecule has 1 aromatic heterocycles. The van der Waals surface area contributed by atoms with E-state index in [0.29, 0.717) is 0 Å². The van der Waals surface area contributed by atoms with Crippen molar-refractivity contribution in [2.45, 2.75) is 13.5 Å². The van der Waals surface area contributed by atoms with Gasteiger partial charge in [-0.15, -0.1) is 11.3 Å². The quantitative estimate of drug-likeness (QED) is 0.837. The number of rotatable bonds is 4. The van der Waals surface area contributed by atoms with Crippen LogP contribution in [0.5, 0.6) is 0 Å². The molecule has 1 nitrogen and oxygen atoms in total. The first-order valence-electron chi connectivity index (χ1n) is 5.45. The molecule has 0 atom stereocenters. The maximum atomic E-state index is 6.03. The summed E-state index contributed by atoms with van der Waals surface area (Å²) in [4.78, 5) is 2.58. The van der Waals surface area contributed by atoms with Crippen molar-refractivity contribution < 1.29 is 0 Å². The van der Waals surface area contributed by atoms with E-state index in [1.165, 1.54) is 9.75 Å². The second-order valence-corrected chi connectivity index (χ2v) is 6.13. The van der Waals surface area contributed by atoms with Crippen LogP contribution in [-0.2, 0) is 6.54 Å². The Hall–Kier alpha value is -0.350. The lowest BCUT2D eigenvalue weighted by molar-refractivity contribution is 0.735. The lowest BCUT2D eigenvalue weighted by Crippen LogP contribution is -2.10. The highest BCUT2D eigenvalue weighted by Crippen LogP contribution is 2.35. The van der Waals surface area contributed by atoms with Crippen molar-refractivity contribution in [3.63, 3.8) is 0 Å². The van der Waals surface area contributed by atoms with Gasteiger partial charge in [-0.3, -0.25) is 0 Å². The minimum Gasteiger partial charge on any atom is -0.312 e. The first kappa shape index (κ1) is 13.1. The zero-order valence-electron chi connectivity index (χ0n) is 9.47. The van der Waals surface area contributed by atoms with Gasteiger partial charge in [0.05, 0.1) is 0 Å². The van der Waals surface area contributed by atoms with Crippen LogP contribution in [-0.4, -0.2) is 6.54 Å². The van der Waals surface area contributed by atoms with E-state index >= 15 is 0 Å². The van der Waals surface area contributed by atoms with Crippen molar-refractivity contribution in [2.24, 2.45) is 0 Å². The third-order valence-electron chi connectivity index (χ3n) is 2.40. The molecule has 0 aliphatic heterocycles. The van der Waals surface area contributed by atoms with Gasteiger partial charge in [-0.1, -0.05) is 34.5 Å². The van der Waals surface area contributed by atoms with Crippen molar-refractivity contribution in [1.29, 1.82) is 0 Å². The van der Waals surface area contributed by atoms with Crippen molar-refractivity contribution in [3.8, 4) is 10.4 Å². The third-order valence-corrected chi connectivity index (χ3v) is 4.45. The summed E-state index contributed by atoms with van der Waals surface area (Å²) in [7, 11) is 0. The molecule has 90 valence electrons. The molecule has 0 spiro atoms. The maximum Gasteiger partial charge on any atom is 0.0413 e. The Morgan fingerprint density at radius 3 is 2.88 bits per heavy atom. The van der Waals surface area contributed by atoms with Crippen LogP contribution in [0.25, 0.3) is 10.4 Å². The molecule has 0 aliphatic rings. The summed E-state index contributed by atoms with van der Waals surface area (Å²) in [5.74, 6) is 0. The van der Waals surface area contributed by atoms with Gasteiger partial charge in [0, 0.05) is 31.4 Å². The molecule has 0 bridgehead atoms. The van der Waals surface area contributed by atoms with Gasteiger partial charge < -0.3 is 5.32 Å². The van der Waals surface area contributed by atoms with E-state index in [2.05, 4.69) is 40.3 Å². The van der Waals surface area contributed by atoms with Crippen molar-refractivity contribution >= 4 is 38.9 Å². The van der Waals surface area contributed by atoms with E-state index in [1.54, 1.807) is 11.3 Å². The zero-order valence-corrected chi connectivity index (χ0v) is 12.6. The second kappa shape index (κ2) is 6.01. The van der Waals surface area contributed by atoms with Gasteiger partial charge in [-0.05, 0) is 36.9 Å². The monoisotopic (exact) mass is 329 g/mol. The fraction of sp³-hybridized carbons (Fsp3) is 0.231. The summed E-state index contributed by atoms with van der Waals surface area (Å²) in [6.07, 6.45) is 0. The molecule has 2 aromatic rings. The first-order valence-corrected chi connectivity index (χ1v) is 7.44. The molecule has 0 radical (unpaired) electrons. The van der Waals surface area contributed by atoms with E-state index in [1.807, 2.05) is 18.2 Å². The molecule has 1 N–H and O–H groups in total. The summed E-state index contributed by atoms with van der Waals surface area (Å²) < 4.78 is 1.08. The Labute approximate surface area is 119 Å².